The Morgan fingerprint density at radius 2 is 1.81 bits per heavy atom. The Morgan fingerprint density at radius 1 is 1.04 bits per heavy atom. The van der Waals surface area contributed by atoms with Crippen molar-refractivity contribution in [1.29, 1.82) is 0 Å². The highest BCUT2D eigenvalue weighted by molar-refractivity contribution is 6.09. The number of carbonyl (C=O) groups excluding carboxylic acids is 2. The summed E-state index contributed by atoms with van der Waals surface area (Å²) in [7, 11) is 1.88. The molecular weight excluding hydrogens is 330 g/mol. The summed E-state index contributed by atoms with van der Waals surface area (Å²) in [6.07, 6.45) is 6.50. The number of hydrazone groups is 1. The van der Waals surface area contributed by atoms with Crippen molar-refractivity contribution in [3.63, 3.8) is 0 Å². The number of hydrogen-bond acceptors (Lipinski definition) is 4. The molecule has 2 amide bonds. The second-order valence-corrected chi connectivity index (χ2v) is 5.48. The molecule has 7 heteroatoms. The average Bonchev–Trinajstić information content (AvgIpc) is 3.07. The maximum absolute atomic E-state index is 12.4. The van der Waals surface area contributed by atoms with E-state index < -0.39 is 5.91 Å². The number of amides is 2. The van der Waals surface area contributed by atoms with Crippen LogP contribution in [0.3, 0.4) is 0 Å². The molecule has 2 heterocycles. The van der Waals surface area contributed by atoms with Gasteiger partial charge in [-0.25, -0.2) is 5.43 Å². The topological polar surface area (TPSA) is 88.4 Å². The molecule has 3 rings (SSSR count). The molecule has 0 aliphatic carbocycles. The third-order valence-corrected chi connectivity index (χ3v) is 3.71. The zero-order chi connectivity index (χ0) is 18.4. The van der Waals surface area contributed by atoms with Gasteiger partial charge in [-0.05, 0) is 36.4 Å². The first-order valence-corrected chi connectivity index (χ1v) is 7.90. The SMILES string of the molecule is Cn1cccc1/C=N/NC(=O)c1ccccc1NC(=O)c1ccncc1. The summed E-state index contributed by atoms with van der Waals surface area (Å²) < 4.78 is 1.87. The van der Waals surface area contributed by atoms with Gasteiger partial charge < -0.3 is 9.88 Å². The van der Waals surface area contributed by atoms with E-state index in [1.807, 2.05) is 29.9 Å². The van der Waals surface area contributed by atoms with Gasteiger partial charge in [0.15, 0.2) is 0 Å². The van der Waals surface area contributed by atoms with Crippen LogP contribution >= 0.6 is 0 Å². The number of nitrogens with zero attached hydrogens (tertiary/aromatic N) is 3. The molecule has 2 N–H and O–H groups in total. The van der Waals surface area contributed by atoms with Crippen molar-refractivity contribution in [3.05, 3.63) is 83.9 Å². The number of hydrogen-bond donors (Lipinski definition) is 2. The lowest BCUT2D eigenvalue weighted by Crippen LogP contribution is -2.21. The molecule has 2 aromatic heterocycles. The van der Waals surface area contributed by atoms with E-state index in [9.17, 15) is 9.59 Å². The molecule has 0 saturated carbocycles. The van der Waals surface area contributed by atoms with Crippen LogP contribution in [0.15, 0.2) is 72.2 Å². The quantitative estimate of drug-likeness (QED) is 0.549. The summed E-state index contributed by atoms with van der Waals surface area (Å²) in [5, 5.41) is 6.70. The van der Waals surface area contributed by atoms with Crippen LogP contribution in [0.25, 0.3) is 0 Å². The Bertz CT molecular complexity index is 947. The fourth-order valence-electron chi connectivity index (χ4n) is 2.31. The average molecular weight is 347 g/mol. The lowest BCUT2D eigenvalue weighted by Gasteiger charge is -2.10. The second-order valence-electron chi connectivity index (χ2n) is 5.48. The Labute approximate surface area is 150 Å². The van der Waals surface area contributed by atoms with Gasteiger partial charge in [-0.15, -0.1) is 0 Å². The van der Waals surface area contributed by atoms with Crippen LogP contribution in [-0.2, 0) is 7.05 Å². The summed E-state index contributed by atoms with van der Waals surface area (Å²) >= 11 is 0. The molecule has 3 aromatic rings. The van der Waals surface area contributed by atoms with E-state index in [0.29, 0.717) is 16.8 Å². The van der Waals surface area contributed by atoms with Crippen LogP contribution in [0.4, 0.5) is 5.69 Å². The maximum Gasteiger partial charge on any atom is 0.273 e. The monoisotopic (exact) mass is 347 g/mol. The van der Waals surface area contributed by atoms with Crippen LogP contribution < -0.4 is 10.7 Å². The Balaban J connectivity index is 1.72. The molecule has 0 saturated heterocycles. The summed E-state index contributed by atoms with van der Waals surface area (Å²) in [4.78, 5) is 28.6. The standard InChI is InChI=1S/C19H17N5O2/c1-24-12-4-5-15(24)13-21-23-19(26)16-6-2-3-7-17(16)22-18(25)14-8-10-20-11-9-14/h2-13H,1H3,(H,22,25)(H,23,26)/b21-13+. The predicted octanol–water partition coefficient (Wildman–Crippen LogP) is 2.44. The van der Waals surface area contributed by atoms with Crippen LogP contribution in [0, 0.1) is 0 Å². The Kier molecular flexibility index (Phi) is 5.19. The van der Waals surface area contributed by atoms with Gasteiger partial charge in [0.05, 0.1) is 23.2 Å². The number of rotatable bonds is 5. The van der Waals surface area contributed by atoms with Gasteiger partial charge in [0.25, 0.3) is 11.8 Å². The van der Waals surface area contributed by atoms with Gasteiger partial charge in [-0.2, -0.15) is 5.10 Å². The summed E-state index contributed by atoms with van der Waals surface area (Å²) in [6, 6.07) is 13.7. The van der Waals surface area contributed by atoms with Crippen molar-refractivity contribution in [1.82, 2.24) is 15.0 Å². The van der Waals surface area contributed by atoms with E-state index in [1.54, 1.807) is 42.6 Å². The van der Waals surface area contributed by atoms with Gasteiger partial charge >= 0.3 is 0 Å². The second kappa shape index (κ2) is 7.89. The van der Waals surface area contributed by atoms with Crippen molar-refractivity contribution < 1.29 is 9.59 Å². The molecule has 26 heavy (non-hydrogen) atoms. The molecule has 0 aliphatic rings. The summed E-state index contributed by atoms with van der Waals surface area (Å²) in [5.41, 5.74) is 4.50. The maximum atomic E-state index is 12.4. The fraction of sp³-hybridized carbons (Fsp3) is 0.0526. The van der Waals surface area contributed by atoms with E-state index in [1.165, 1.54) is 12.4 Å². The zero-order valence-corrected chi connectivity index (χ0v) is 14.1. The number of anilines is 1. The van der Waals surface area contributed by atoms with Crippen LogP contribution in [0.2, 0.25) is 0 Å². The first-order valence-electron chi connectivity index (χ1n) is 7.90. The van der Waals surface area contributed by atoms with Crippen molar-refractivity contribution in [3.8, 4) is 0 Å². The highest BCUT2D eigenvalue weighted by Crippen LogP contribution is 2.16. The lowest BCUT2D eigenvalue weighted by atomic mass is 10.1. The molecule has 0 fully saturated rings. The molecular formula is C19H17N5O2. The van der Waals surface area contributed by atoms with Gasteiger partial charge in [-0.1, -0.05) is 12.1 Å². The van der Waals surface area contributed by atoms with Crippen molar-refractivity contribution in [2.24, 2.45) is 12.1 Å². The van der Waals surface area contributed by atoms with Crippen molar-refractivity contribution >= 4 is 23.7 Å². The van der Waals surface area contributed by atoms with Gasteiger partial charge in [0.2, 0.25) is 0 Å². The van der Waals surface area contributed by atoms with E-state index >= 15 is 0 Å². The summed E-state index contributed by atoms with van der Waals surface area (Å²) in [6.45, 7) is 0. The third-order valence-electron chi connectivity index (χ3n) is 3.71. The molecule has 130 valence electrons. The first kappa shape index (κ1) is 17.1. The largest absolute Gasteiger partial charge is 0.350 e. The Hall–Kier alpha value is -3.74. The van der Waals surface area contributed by atoms with E-state index in [2.05, 4.69) is 20.8 Å². The minimum atomic E-state index is -0.416. The molecule has 0 unspecified atom stereocenters. The van der Waals surface area contributed by atoms with E-state index in [4.69, 9.17) is 0 Å². The number of aromatic nitrogens is 2. The predicted molar refractivity (Wildman–Crippen MR) is 99.1 cm³/mol. The first-order chi connectivity index (χ1) is 12.6. The molecule has 1 aromatic carbocycles. The van der Waals surface area contributed by atoms with E-state index in [-0.39, 0.29) is 5.91 Å². The van der Waals surface area contributed by atoms with Gasteiger partial charge in [0, 0.05) is 31.2 Å². The number of para-hydroxylation sites is 1. The fourth-order valence-corrected chi connectivity index (χ4v) is 2.31. The molecule has 0 bridgehead atoms. The number of nitrogens with one attached hydrogen (secondary N) is 2. The van der Waals surface area contributed by atoms with Crippen molar-refractivity contribution in [2.75, 3.05) is 5.32 Å². The minimum absolute atomic E-state index is 0.318. The number of aryl methyl sites for hydroxylation is 1. The van der Waals surface area contributed by atoms with Crippen LogP contribution in [0.5, 0.6) is 0 Å². The molecule has 0 spiro atoms. The summed E-state index contributed by atoms with van der Waals surface area (Å²) in [5.74, 6) is -0.735. The number of carbonyl (C=O) groups is 2. The van der Waals surface area contributed by atoms with Gasteiger partial charge in [0.1, 0.15) is 0 Å². The third kappa shape index (κ3) is 4.02. The number of pyridine rings is 1. The Morgan fingerprint density at radius 3 is 2.54 bits per heavy atom. The molecule has 7 nitrogen and oxygen atoms in total. The van der Waals surface area contributed by atoms with Gasteiger partial charge in [-0.3, -0.25) is 14.6 Å². The number of benzene rings is 1. The van der Waals surface area contributed by atoms with Crippen molar-refractivity contribution in [2.45, 2.75) is 0 Å². The molecule has 0 aliphatic heterocycles. The molecule has 0 radical (unpaired) electrons. The lowest BCUT2D eigenvalue weighted by molar-refractivity contribution is 0.0956. The van der Waals surface area contributed by atoms with Crippen LogP contribution in [0.1, 0.15) is 26.4 Å². The van der Waals surface area contributed by atoms with E-state index in [0.717, 1.165) is 5.69 Å². The van der Waals surface area contributed by atoms with Crippen LogP contribution in [-0.4, -0.2) is 27.6 Å². The smallest absolute Gasteiger partial charge is 0.273 e. The highest BCUT2D eigenvalue weighted by atomic mass is 16.2. The minimum Gasteiger partial charge on any atom is -0.350 e. The molecule has 0 atom stereocenters. The highest BCUT2D eigenvalue weighted by Gasteiger charge is 2.13. The zero-order valence-electron chi connectivity index (χ0n) is 14.1. The normalized spacial score (nSPS) is 10.7.